The van der Waals surface area contributed by atoms with Gasteiger partial charge in [0.15, 0.2) is 0 Å². The number of nitrogens with two attached hydrogens (primary N) is 1. The third-order valence-corrected chi connectivity index (χ3v) is 5.12. The van der Waals surface area contributed by atoms with E-state index >= 15 is 0 Å². The fourth-order valence-electron chi connectivity index (χ4n) is 2.36. The maximum absolute atomic E-state index is 6.29. The fourth-order valence-corrected chi connectivity index (χ4v) is 3.22. The highest BCUT2D eigenvalue weighted by Gasteiger charge is 2.34. The van der Waals surface area contributed by atoms with Gasteiger partial charge in [-0.1, -0.05) is 24.3 Å². The minimum absolute atomic E-state index is 0.00684. The Hall–Kier alpha value is -0.470. The number of benzene rings is 1. The smallest absolute Gasteiger partial charge is 0.0409 e. The zero-order chi connectivity index (χ0) is 10.3. The summed E-state index contributed by atoms with van der Waals surface area (Å²) in [6.45, 7) is 0. The Bertz CT molecular complexity index is 349. The molecule has 1 saturated carbocycles. The molecule has 3 rings (SSSR count). The number of thioether (sulfide) groups is 1. The molecular formula is C13H17NS. The van der Waals surface area contributed by atoms with E-state index in [1.54, 1.807) is 0 Å². The van der Waals surface area contributed by atoms with Crippen molar-refractivity contribution >= 4 is 11.8 Å². The molecule has 1 aliphatic carbocycles. The van der Waals surface area contributed by atoms with Gasteiger partial charge in [-0.05, 0) is 30.4 Å². The van der Waals surface area contributed by atoms with Crippen LogP contribution in [-0.4, -0.2) is 11.5 Å². The number of hydrogen-bond donors (Lipinski definition) is 1. The summed E-state index contributed by atoms with van der Waals surface area (Å²) in [7, 11) is 0. The molecule has 0 radical (unpaired) electrons. The van der Waals surface area contributed by atoms with E-state index < -0.39 is 0 Å². The molecule has 1 aromatic carbocycles. The topological polar surface area (TPSA) is 26.0 Å². The minimum atomic E-state index is 0.00684. The van der Waals surface area contributed by atoms with Crippen molar-refractivity contribution in [3.63, 3.8) is 0 Å². The van der Waals surface area contributed by atoms with Gasteiger partial charge in [-0.25, -0.2) is 0 Å². The lowest BCUT2D eigenvalue weighted by atomic mass is 9.72. The van der Waals surface area contributed by atoms with Crippen LogP contribution in [0, 0.1) is 0 Å². The van der Waals surface area contributed by atoms with Gasteiger partial charge in [0.2, 0.25) is 0 Å². The first-order valence-electron chi connectivity index (χ1n) is 5.75. The van der Waals surface area contributed by atoms with Crippen molar-refractivity contribution < 1.29 is 0 Å². The van der Waals surface area contributed by atoms with Gasteiger partial charge in [0, 0.05) is 23.0 Å². The second-order valence-electron chi connectivity index (χ2n) is 4.87. The molecule has 2 aliphatic rings. The van der Waals surface area contributed by atoms with Crippen molar-refractivity contribution in [3.05, 3.63) is 35.4 Å². The molecule has 1 saturated heterocycles. The van der Waals surface area contributed by atoms with Crippen molar-refractivity contribution in [2.24, 2.45) is 5.73 Å². The van der Waals surface area contributed by atoms with Gasteiger partial charge in [-0.2, -0.15) is 11.8 Å². The first-order chi connectivity index (χ1) is 7.28. The van der Waals surface area contributed by atoms with E-state index in [0.717, 1.165) is 18.8 Å². The van der Waals surface area contributed by atoms with Gasteiger partial charge in [-0.15, -0.1) is 0 Å². The summed E-state index contributed by atoms with van der Waals surface area (Å²) in [5, 5.41) is 0. The van der Waals surface area contributed by atoms with E-state index in [0.29, 0.717) is 0 Å². The van der Waals surface area contributed by atoms with Gasteiger partial charge in [0.25, 0.3) is 0 Å². The molecule has 1 aliphatic heterocycles. The lowest BCUT2D eigenvalue weighted by molar-refractivity contribution is 0.253. The summed E-state index contributed by atoms with van der Waals surface area (Å²) in [4.78, 5) is 0. The Kier molecular flexibility index (Phi) is 2.29. The van der Waals surface area contributed by atoms with Crippen LogP contribution in [0.15, 0.2) is 24.3 Å². The van der Waals surface area contributed by atoms with Crippen LogP contribution in [0.4, 0.5) is 0 Å². The van der Waals surface area contributed by atoms with Gasteiger partial charge in [0.05, 0.1) is 0 Å². The molecule has 15 heavy (non-hydrogen) atoms. The Morgan fingerprint density at radius 2 is 1.80 bits per heavy atom. The lowest BCUT2D eigenvalue weighted by Gasteiger charge is -2.39. The maximum atomic E-state index is 6.29. The first kappa shape index (κ1) is 9.73. The number of rotatable bonds is 2. The number of hydrogen-bond acceptors (Lipinski definition) is 2. The van der Waals surface area contributed by atoms with E-state index in [-0.39, 0.29) is 5.54 Å². The zero-order valence-electron chi connectivity index (χ0n) is 8.91. The molecular weight excluding hydrogens is 202 g/mol. The van der Waals surface area contributed by atoms with Gasteiger partial charge in [-0.3, -0.25) is 0 Å². The van der Waals surface area contributed by atoms with Crippen LogP contribution in [0.25, 0.3) is 0 Å². The van der Waals surface area contributed by atoms with E-state index in [4.69, 9.17) is 5.73 Å². The quantitative estimate of drug-likeness (QED) is 0.827. The summed E-state index contributed by atoms with van der Waals surface area (Å²) in [6, 6.07) is 9.06. The van der Waals surface area contributed by atoms with Crippen LogP contribution >= 0.6 is 11.8 Å². The summed E-state index contributed by atoms with van der Waals surface area (Å²) >= 11 is 2.04. The summed E-state index contributed by atoms with van der Waals surface area (Å²) in [6.07, 6.45) is 3.61. The van der Waals surface area contributed by atoms with Crippen LogP contribution in [0.2, 0.25) is 0 Å². The molecule has 2 heteroatoms. The largest absolute Gasteiger partial charge is 0.321 e. The minimum Gasteiger partial charge on any atom is -0.321 e. The van der Waals surface area contributed by atoms with Crippen LogP contribution in [0.5, 0.6) is 0 Å². The average molecular weight is 219 g/mol. The Morgan fingerprint density at radius 1 is 1.13 bits per heavy atom. The van der Waals surface area contributed by atoms with Crippen LogP contribution in [0.3, 0.4) is 0 Å². The summed E-state index contributed by atoms with van der Waals surface area (Å²) < 4.78 is 0. The first-order valence-corrected chi connectivity index (χ1v) is 6.90. The Balaban J connectivity index is 1.80. The van der Waals surface area contributed by atoms with Crippen LogP contribution < -0.4 is 5.73 Å². The molecule has 0 aromatic heterocycles. The lowest BCUT2D eigenvalue weighted by Crippen LogP contribution is -2.43. The SMILES string of the molecule is NC1(c2ccc(C3CSC3)cc2)CCC1. The average Bonchev–Trinajstić information content (AvgIpc) is 2.13. The van der Waals surface area contributed by atoms with Crippen LogP contribution in [-0.2, 0) is 5.54 Å². The molecule has 80 valence electrons. The molecule has 0 bridgehead atoms. The predicted molar refractivity (Wildman–Crippen MR) is 66.2 cm³/mol. The molecule has 0 unspecified atom stereocenters. The molecule has 0 spiro atoms. The Morgan fingerprint density at radius 3 is 2.20 bits per heavy atom. The zero-order valence-corrected chi connectivity index (χ0v) is 9.72. The monoisotopic (exact) mass is 219 g/mol. The molecule has 1 heterocycles. The summed E-state index contributed by atoms with van der Waals surface area (Å²) in [5.74, 6) is 3.40. The van der Waals surface area contributed by atoms with Gasteiger partial charge in [0.1, 0.15) is 0 Å². The molecule has 0 atom stereocenters. The third-order valence-electron chi connectivity index (χ3n) is 3.84. The second kappa shape index (κ2) is 3.53. The van der Waals surface area contributed by atoms with Crippen molar-refractivity contribution in [1.82, 2.24) is 0 Å². The van der Waals surface area contributed by atoms with Gasteiger partial charge < -0.3 is 5.73 Å². The van der Waals surface area contributed by atoms with Gasteiger partial charge >= 0.3 is 0 Å². The van der Waals surface area contributed by atoms with E-state index in [1.807, 2.05) is 11.8 Å². The molecule has 0 amide bonds. The second-order valence-corrected chi connectivity index (χ2v) is 5.94. The van der Waals surface area contributed by atoms with Crippen molar-refractivity contribution in [1.29, 1.82) is 0 Å². The van der Waals surface area contributed by atoms with Crippen molar-refractivity contribution in [3.8, 4) is 0 Å². The molecule has 1 aromatic rings. The standard InChI is InChI=1S/C13H17NS/c14-13(6-1-7-13)12-4-2-10(3-5-12)11-8-15-9-11/h2-5,11H,1,6-9,14H2. The predicted octanol–water partition coefficient (Wildman–Crippen LogP) is 2.85. The van der Waals surface area contributed by atoms with Crippen LogP contribution in [0.1, 0.15) is 36.3 Å². The van der Waals surface area contributed by atoms with Crippen molar-refractivity contribution in [2.45, 2.75) is 30.7 Å². The molecule has 1 nitrogen and oxygen atoms in total. The van der Waals surface area contributed by atoms with E-state index in [9.17, 15) is 0 Å². The maximum Gasteiger partial charge on any atom is 0.0409 e. The van der Waals surface area contributed by atoms with Crippen molar-refractivity contribution in [2.75, 3.05) is 11.5 Å². The molecule has 2 N–H and O–H groups in total. The normalized spacial score (nSPS) is 24.3. The third kappa shape index (κ3) is 1.60. The fraction of sp³-hybridized carbons (Fsp3) is 0.538. The molecule has 2 fully saturated rings. The highest BCUT2D eigenvalue weighted by Crippen LogP contribution is 2.40. The van der Waals surface area contributed by atoms with E-state index in [2.05, 4.69) is 24.3 Å². The Labute approximate surface area is 95.4 Å². The highest BCUT2D eigenvalue weighted by molar-refractivity contribution is 8.00. The highest BCUT2D eigenvalue weighted by atomic mass is 32.2. The summed E-state index contributed by atoms with van der Waals surface area (Å²) in [5.41, 5.74) is 9.14. The van der Waals surface area contributed by atoms with E-state index in [1.165, 1.54) is 29.1 Å².